The first-order valence-electron chi connectivity index (χ1n) is 8.99. The van der Waals surface area contributed by atoms with E-state index in [-0.39, 0.29) is 5.91 Å². The number of benzene rings is 2. The van der Waals surface area contributed by atoms with Crippen LogP contribution in [0.5, 0.6) is 5.75 Å². The molecule has 0 bridgehead atoms. The molecule has 0 atom stereocenters. The number of hydrogen-bond acceptors (Lipinski definition) is 3. The average Bonchev–Trinajstić information content (AvgIpc) is 2.68. The van der Waals surface area contributed by atoms with E-state index in [1.807, 2.05) is 36.1 Å². The van der Waals surface area contributed by atoms with Gasteiger partial charge in [-0.05, 0) is 30.5 Å². The molecule has 1 fully saturated rings. The highest BCUT2D eigenvalue weighted by Gasteiger charge is 2.23. The summed E-state index contributed by atoms with van der Waals surface area (Å²) in [5.74, 6) is 1.01. The van der Waals surface area contributed by atoms with Crippen LogP contribution in [-0.2, 0) is 11.2 Å². The highest BCUT2D eigenvalue weighted by molar-refractivity contribution is 6.31. The molecule has 2 aromatic carbocycles. The molecule has 5 heteroatoms. The molecular weight excluding hydrogens is 348 g/mol. The van der Waals surface area contributed by atoms with Crippen LogP contribution in [-0.4, -0.2) is 44.1 Å². The second kappa shape index (κ2) is 8.45. The lowest BCUT2D eigenvalue weighted by atomic mass is 10.1. The molecule has 2 aromatic rings. The largest absolute Gasteiger partial charge is 0.495 e. The van der Waals surface area contributed by atoms with Crippen LogP contribution < -0.4 is 9.64 Å². The molecule has 1 aliphatic heterocycles. The predicted molar refractivity (Wildman–Crippen MR) is 106 cm³/mol. The van der Waals surface area contributed by atoms with E-state index >= 15 is 0 Å². The minimum Gasteiger partial charge on any atom is -0.495 e. The third-order valence-corrected chi connectivity index (χ3v) is 5.31. The van der Waals surface area contributed by atoms with Gasteiger partial charge in [0.25, 0.3) is 0 Å². The maximum absolute atomic E-state index is 12.5. The van der Waals surface area contributed by atoms with Gasteiger partial charge in [0.05, 0.1) is 12.8 Å². The Labute approximate surface area is 160 Å². The maximum Gasteiger partial charge on any atom is 0.223 e. The summed E-state index contributed by atoms with van der Waals surface area (Å²) in [7, 11) is 1.66. The lowest BCUT2D eigenvalue weighted by Crippen LogP contribution is -2.49. The lowest BCUT2D eigenvalue weighted by Gasteiger charge is -2.37. The second-order valence-electron chi connectivity index (χ2n) is 6.63. The Morgan fingerprint density at radius 3 is 2.46 bits per heavy atom. The molecule has 0 spiro atoms. The standard InChI is InChI=1S/C21H25ClN2O2/c1-16-14-19(20(26-2)15-18(16)22)23-10-12-24(13-11-23)21(25)9-8-17-6-4-3-5-7-17/h3-7,14-15H,8-13H2,1-2H3. The van der Waals surface area contributed by atoms with Crippen LogP contribution in [0.25, 0.3) is 0 Å². The zero-order valence-corrected chi connectivity index (χ0v) is 16.1. The van der Waals surface area contributed by atoms with E-state index < -0.39 is 0 Å². The molecule has 1 amide bonds. The number of ether oxygens (including phenoxy) is 1. The van der Waals surface area contributed by atoms with Crippen LogP contribution in [0.1, 0.15) is 17.5 Å². The fraction of sp³-hybridized carbons (Fsp3) is 0.381. The number of hydrogen-bond donors (Lipinski definition) is 0. The van der Waals surface area contributed by atoms with Gasteiger partial charge in [0, 0.05) is 43.7 Å². The maximum atomic E-state index is 12.5. The average molecular weight is 373 g/mol. The lowest BCUT2D eigenvalue weighted by molar-refractivity contribution is -0.131. The molecule has 26 heavy (non-hydrogen) atoms. The summed E-state index contributed by atoms with van der Waals surface area (Å²) in [6.45, 7) is 5.06. The van der Waals surface area contributed by atoms with Crippen molar-refractivity contribution < 1.29 is 9.53 Å². The molecular formula is C21H25ClN2O2. The number of anilines is 1. The van der Waals surface area contributed by atoms with Gasteiger partial charge in [0.2, 0.25) is 5.91 Å². The summed E-state index contributed by atoms with van der Waals surface area (Å²) in [5, 5.41) is 0.709. The van der Waals surface area contributed by atoms with Crippen molar-refractivity contribution >= 4 is 23.2 Å². The Balaban J connectivity index is 1.57. The Morgan fingerprint density at radius 2 is 1.81 bits per heavy atom. The van der Waals surface area contributed by atoms with Crippen molar-refractivity contribution in [3.05, 3.63) is 58.6 Å². The van der Waals surface area contributed by atoms with Crippen LogP contribution in [0.4, 0.5) is 5.69 Å². The summed E-state index contributed by atoms with van der Waals surface area (Å²) in [6, 6.07) is 14.1. The number of methoxy groups -OCH3 is 1. The van der Waals surface area contributed by atoms with Gasteiger partial charge >= 0.3 is 0 Å². The Morgan fingerprint density at radius 1 is 1.12 bits per heavy atom. The molecule has 0 aliphatic carbocycles. The van der Waals surface area contributed by atoms with Gasteiger partial charge in [-0.1, -0.05) is 41.9 Å². The highest BCUT2D eigenvalue weighted by atomic mass is 35.5. The molecule has 0 N–H and O–H groups in total. The van der Waals surface area contributed by atoms with E-state index in [1.165, 1.54) is 5.56 Å². The SMILES string of the molecule is COc1cc(Cl)c(C)cc1N1CCN(C(=O)CCc2ccccc2)CC1. The molecule has 138 valence electrons. The van der Waals surface area contributed by atoms with Crippen LogP contribution in [0.3, 0.4) is 0 Å². The fourth-order valence-electron chi connectivity index (χ4n) is 3.31. The fourth-order valence-corrected chi connectivity index (χ4v) is 3.46. The zero-order chi connectivity index (χ0) is 18.5. The summed E-state index contributed by atoms with van der Waals surface area (Å²) >= 11 is 6.20. The summed E-state index contributed by atoms with van der Waals surface area (Å²) in [5.41, 5.74) is 3.29. The van der Waals surface area contributed by atoms with Crippen molar-refractivity contribution in [3.8, 4) is 5.75 Å². The molecule has 0 unspecified atom stereocenters. The second-order valence-corrected chi connectivity index (χ2v) is 7.03. The van der Waals surface area contributed by atoms with E-state index in [4.69, 9.17) is 16.3 Å². The Hall–Kier alpha value is -2.20. The monoisotopic (exact) mass is 372 g/mol. The third kappa shape index (κ3) is 4.31. The zero-order valence-electron chi connectivity index (χ0n) is 15.4. The first-order chi connectivity index (χ1) is 12.6. The Kier molecular flexibility index (Phi) is 6.04. The first kappa shape index (κ1) is 18.6. The Bertz CT molecular complexity index is 756. The number of piperazine rings is 1. The van der Waals surface area contributed by atoms with Crippen molar-refractivity contribution in [2.75, 3.05) is 38.2 Å². The molecule has 3 rings (SSSR count). The number of amides is 1. The minimum atomic E-state index is 0.229. The van der Waals surface area contributed by atoms with Crippen LogP contribution in [0.2, 0.25) is 5.02 Å². The van der Waals surface area contributed by atoms with Crippen LogP contribution in [0.15, 0.2) is 42.5 Å². The molecule has 4 nitrogen and oxygen atoms in total. The van der Waals surface area contributed by atoms with Crippen LogP contribution >= 0.6 is 11.6 Å². The molecule has 1 aliphatic rings. The van der Waals surface area contributed by atoms with E-state index in [0.717, 1.165) is 49.6 Å². The molecule has 0 saturated carbocycles. The smallest absolute Gasteiger partial charge is 0.223 e. The van der Waals surface area contributed by atoms with Gasteiger partial charge in [-0.15, -0.1) is 0 Å². The quantitative estimate of drug-likeness (QED) is 0.797. The van der Waals surface area contributed by atoms with Gasteiger partial charge < -0.3 is 14.5 Å². The van der Waals surface area contributed by atoms with E-state index in [1.54, 1.807) is 7.11 Å². The van der Waals surface area contributed by atoms with Gasteiger partial charge in [0.1, 0.15) is 5.75 Å². The molecule has 0 radical (unpaired) electrons. The first-order valence-corrected chi connectivity index (χ1v) is 9.37. The topological polar surface area (TPSA) is 32.8 Å². The van der Waals surface area contributed by atoms with Gasteiger partial charge in [-0.3, -0.25) is 4.79 Å². The van der Waals surface area contributed by atoms with Crippen molar-refractivity contribution in [1.29, 1.82) is 0 Å². The number of halogens is 1. The highest BCUT2D eigenvalue weighted by Crippen LogP contribution is 2.34. The normalized spacial score (nSPS) is 14.4. The van der Waals surface area contributed by atoms with E-state index in [9.17, 15) is 4.79 Å². The van der Waals surface area contributed by atoms with Gasteiger partial charge in [-0.25, -0.2) is 0 Å². The van der Waals surface area contributed by atoms with E-state index in [2.05, 4.69) is 23.1 Å². The summed E-state index contributed by atoms with van der Waals surface area (Å²) in [6.07, 6.45) is 1.36. The van der Waals surface area contributed by atoms with Crippen molar-refractivity contribution in [2.24, 2.45) is 0 Å². The van der Waals surface area contributed by atoms with Crippen LogP contribution in [0, 0.1) is 6.92 Å². The van der Waals surface area contributed by atoms with Gasteiger partial charge in [-0.2, -0.15) is 0 Å². The number of carbonyl (C=O) groups is 1. The number of rotatable bonds is 5. The minimum absolute atomic E-state index is 0.229. The number of nitrogens with zero attached hydrogens (tertiary/aromatic N) is 2. The number of carbonyl (C=O) groups excluding carboxylic acids is 1. The number of aryl methyl sites for hydroxylation is 2. The molecule has 0 aromatic heterocycles. The molecule has 1 saturated heterocycles. The van der Waals surface area contributed by atoms with Crippen molar-refractivity contribution in [1.82, 2.24) is 4.90 Å². The predicted octanol–water partition coefficient (Wildman–Crippen LogP) is 3.94. The van der Waals surface area contributed by atoms with Crippen molar-refractivity contribution in [2.45, 2.75) is 19.8 Å². The third-order valence-electron chi connectivity index (χ3n) is 4.90. The summed E-state index contributed by atoms with van der Waals surface area (Å²) in [4.78, 5) is 16.7. The van der Waals surface area contributed by atoms with Crippen molar-refractivity contribution in [3.63, 3.8) is 0 Å². The summed E-state index contributed by atoms with van der Waals surface area (Å²) < 4.78 is 5.49. The van der Waals surface area contributed by atoms with Gasteiger partial charge in [0.15, 0.2) is 0 Å². The molecule has 1 heterocycles. The van der Waals surface area contributed by atoms with E-state index in [0.29, 0.717) is 11.4 Å².